The molecule has 38 heavy (non-hydrogen) atoms. The van der Waals surface area contributed by atoms with Crippen molar-refractivity contribution in [2.45, 2.75) is 33.4 Å². The van der Waals surface area contributed by atoms with Crippen LogP contribution >= 0.6 is 11.6 Å². The lowest BCUT2D eigenvalue weighted by atomic mass is 10.0. The number of fused-ring (bicyclic) bond motifs is 1. The first kappa shape index (κ1) is 26.6. The number of para-hydroxylation sites is 1. The average Bonchev–Trinajstić information content (AvgIpc) is 3.18. The summed E-state index contributed by atoms with van der Waals surface area (Å²) < 4.78 is 2.14. The number of nitrogens with one attached hydrogen (secondary N) is 2. The molecule has 0 spiro atoms. The topological polar surface area (TPSA) is 99.3 Å². The van der Waals surface area contributed by atoms with E-state index in [0.717, 1.165) is 27.7 Å². The van der Waals surface area contributed by atoms with Gasteiger partial charge in [-0.25, -0.2) is 5.43 Å². The van der Waals surface area contributed by atoms with Crippen LogP contribution in [-0.4, -0.2) is 28.6 Å². The van der Waals surface area contributed by atoms with Crippen molar-refractivity contribution in [2.24, 2.45) is 11.0 Å². The van der Waals surface area contributed by atoms with E-state index in [1.807, 2.05) is 69.3 Å². The van der Waals surface area contributed by atoms with Crippen molar-refractivity contribution in [3.05, 3.63) is 106 Å². The number of benzene rings is 3. The molecule has 2 amide bonds. The van der Waals surface area contributed by atoms with Gasteiger partial charge in [-0.15, -0.1) is 0 Å². The minimum atomic E-state index is -0.778. The number of nitriles is 1. The van der Waals surface area contributed by atoms with E-state index in [1.165, 1.54) is 0 Å². The van der Waals surface area contributed by atoms with Gasteiger partial charge in [-0.3, -0.25) is 9.59 Å². The number of rotatable bonds is 8. The molecule has 2 N–H and O–H groups in total. The number of halogens is 1. The highest BCUT2D eigenvalue weighted by Crippen LogP contribution is 2.26. The Morgan fingerprint density at radius 3 is 2.45 bits per heavy atom. The maximum absolute atomic E-state index is 13.0. The fourth-order valence-corrected chi connectivity index (χ4v) is 4.48. The number of carbonyl (C=O) groups excluding carboxylic acids is 2. The molecule has 0 saturated carbocycles. The smallest absolute Gasteiger partial charge is 0.262 e. The van der Waals surface area contributed by atoms with Crippen LogP contribution in [0, 0.1) is 24.2 Å². The third-order valence-electron chi connectivity index (χ3n) is 6.46. The van der Waals surface area contributed by atoms with Gasteiger partial charge in [-0.05, 0) is 54.8 Å². The van der Waals surface area contributed by atoms with Crippen LogP contribution in [0.5, 0.6) is 0 Å². The van der Waals surface area contributed by atoms with E-state index in [-0.39, 0.29) is 11.8 Å². The molecule has 0 fully saturated rings. The largest absolute Gasteiger partial charge is 0.340 e. The van der Waals surface area contributed by atoms with Crippen molar-refractivity contribution in [3.63, 3.8) is 0 Å². The summed E-state index contributed by atoms with van der Waals surface area (Å²) in [5, 5.41) is 18.1. The Morgan fingerprint density at radius 1 is 1.05 bits per heavy atom. The molecule has 1 unspecified atom stereocenters. The Hall–Kier alpha value is -4.41. The molecule has 0 aliphatic rings. The molecule has 1 aromatic heterocycles. The minimum absolute atomic E-state index is 0.162. The Morgan fingerprint density at radius 2 is 1.74 bits per heavy atom. The number of amides is 2. The second-order valence-corrected chi connectivity index (χ2v) is 9.74. The summed E-state index contributed by atoms with van der Waals surface area (Å²) >= 11 is 5.91. The molecule has 0 aliphatic carbocycles. The first-order valence-corrected chi connectivity index (χ1v) is 12.6. The average molecular weight is 526 g/mol. The zero-order valence-corrected chi connectivity index (χ0v) is 22.2. The normalized spacial score (nSPS) is 12.0. The predicted octanol–water partition coefficient (Wildman–Crippen LogP) is 5.43. The van der Waals surface area contributed by atoms with Crippen molar-refractivity contribution in [1.29, 1.82) is 5.26 Å². The van der Waals surface area contributed by atoms with Gasteiger partial charge < -0.3 is 9.88 Å². The second kappa shape index (κ2) is 11.8. The molecule has 7 nitrogen and oxygen atoms in total. The van der Waals surface area contributed by atoms with E-state index < -0.39 is 11.9 Å². The maximum Gasteiger partial charge on any atom is 0.262 e. The highest BCUT2D eigenvalue weighted by molar-refractivity contribution is 6.30. The van der Waals surface area contributed by atoms with Crippen molar-refractivity contribution < 1.29 is 9.59 Å². The summed E-state index contributed by atoms with van der Waals surface area (Å²) in [6.45, 7) is 6.23. The van der Waals surface area contributed by atoms with Crippen molar-refractivity contribution >= 4 is 40.5 Å². The lowest BCUT2D eigenvalue weighted by Gasteiger charge is -2.20. The van der Waals surface area contributed by atoms with Gasteiger partial charge in [0.25, 0.3) is 11.8 Å². The minimum Gasteiger partial charge on any atom is -0.340 e. The summed E-state index contributed by atoms with van der Waals surface area (Å²) in [5.74, 6) is -0.940. The summed E-state index contributed by atoms with van der Waals surface area (Å²) in [5.41, 5.74) is 7.38. The molecule has 0 saturated heterocycles. The summed E-state index contributed by atoms with van der Waals surface area (Å²) in [6.07, 6.45) is 1.63. The Bertz CT molecular complexity index is 1550. The molecule has 1 atom stereocenters. The number of hydrazone groups is 1. The van der Waals surface area contributed by atoms with Crippen LogP contribution in [0.15, 0.2) is 77.9 Å². The highest BCUT2D eigenvalue weighted by atomic mass is 35.5. The Labute approximate surface area is 226 Å². The van der Waals surface area contributed by atoms with Gasteiger partial charge in [0.05, 0.1) is 17.8 Å². The van der Waals surface area contributed by atoms with Crippen LogP contribution in [0.4, 0.5) is 0 Å². The molecule has 4 rings (SSSR count). The van der Waals surface area contributed by atoms with E-state index in [9.17, 15) is 14.9 Å². The van der Waals surface area contributed by atoms with Gasteiger partial charge in [-0.1, -0.05) is 61.8 Å². The van der Waals surface area contributed by atoms with E-state index >= 15 is 0 Å². The van der Waals surface area contributed by atoms with Gasteiger partial charge in [0.2, 0.25) is 0 Å². The Balaban J connectivity index is 1.55. The van der Waals surface area contributed by atoms with E-state index in [2.05, 4.69) is 26.5 Å². The van der Waals surface area contributed by atoms with E-state index in [1.54, 1.807) is 30.5 Å². The molecule has 8 heteroatoms. The molecular weight excluding hydrogens is 498 g/mol. The lowest BCUT2D eigenvalue weighted by Crippen LogP contribution is -2.48. The zero-order chi connectivity index (χ0) is 27.2. The van der Waals surface area contributed by atoms with Crippen LogP contribution in [-0.2, 0) is 11.3 Å². The van der Waals surface area contributed by atoms with Gasteiger partial charge in [-0.2, -0.15) is 10.4 Å². The number of hydrogen-bond donors (Lipinski definition) is 2. The molecule has 192 valence electrons. The lowest BCUT2D eigenvalue weighted by molar-refractivity contribution is -0.123. The highest BCUT2D eigenvalue weighted by Gasteiger charge is 2.24. The summed E-state index contributed by atoms with van der Waals surface area (Å²) in [4.78, 5) is 25.6. The molecule has 0 aliphatic heterocycles. The predicted molar refractivity (Wildman–Crippen MR) is 150 cm³/mol. The van der Waals surface area contributed by atoms with E-state index in [4.69, 9.17) is 11.6 Å². The SMILES string of the molecule is Cc1c(C=NNC(=O)C(NC(=O)c2ccc(Cl)cc2)C(C)C)c2ccccc2n1Cc1ccccc1C#N. The van der Waals surface area contributed by atoms with Crippen LogP contribution in [0.25, 0.3) is 10.9 Å². The standard InChI is InChI=1S/C30H28ClN5O2/c1-19(2)28(34-29(37)21-12-14-24(31)15-13-21)30(38)35-33-17-26-20(3)36(27-11-7-6-10-25(26)27)18-23-9-5-4-8-22(23)16-32/h4-15,17,19,28H,18H2,1-3H3,(H,34,37)(H,35,38). The van der Waals surface area contributed by atoms with Gasteiger partial charge in [0.1, 0.15) is 6.04 Å². The molecule has 3 aromatic carbocycles. The van der Waals surface area contributed by atoms with E-state index in [0.29, 0.717) is 22.7 Å². The van der Waals surface area contributed by atoms with Gasteiger partial charge in [0, 0.05) is 39.3 Å². The second-order valence-electron chi connectivity index (χ2n) is 9.31. The fraction of sp³-hybridized carbons (Fsp3) is 0.200. The molecule has 0 radical (unpaired) electrons. The Kier molecular flexibility index (Phi) is 8.25. The first-order chi connectivity index (χ1) is 18.3. The zero-order valence-electron chi connectivity index (χ0n) is 21.4. The van der Waals surface area contributed by atoms with Crippen LogP contribution in [0.3, 0.4) is 0 Å². The molecule has 1 heterocycles. The first-order valence-electron chi connectivity index (χ1n) is 12.2. The quantitative estimate of drug-likeness (QED) is 0.237. The van der Waals surface area contributed by atoms with Crippen molar-refractivity contribution in [3.8, 4) is 6.07 Å². The van der Waals surface area contributed by atoms with Crippen molar-refractivity contribution in [1.82, 2.24) is 15.3 Å². The molecule has 4 aromatic rings. The number of aromatic nitrogens is 1. The number of carbonyl (C=O) groups is 2. The third kappa shape index (κ3) is 5.77. The fourth-order valence-electron chi connectivity index (χ4n) is 4.35. The van der Waals surface area contributed by atoms with Crippen LogP contribution < -0.4 is 10.7 Å². The number of hydrogen-bond acceptors (Lipinski definition) is 4. The summed E-state index contributed by atoms with van der Waals surface area (Å²) in [6, 6.07) is 23.4. The van der Waals surface area contributed by atoms with Gasteiger partial charge >= 0.3 is 0 Å². The number of nitrogens with zero attached hydrogens (tertiary/aromatic N) is 3. The van der Waals surface area contributed by atoms with Crippen molar-refractivity contribution in [2.75, 3.05) is 0 Å². The van der Waals surface area contributed by atoms with Crippen LogP contribution in [0.1, 0.15) is 46.6 Å². The maximum atomic E-state index is 13.0. The monoisotopic (exact) mass is 525 g/mol. The molecule has 0 bridgehead atoms. The molecular formula is C30H28ClN5O2. The summed E-state index contributed by atoms with van der Waals surface area (Å²) in [7, 11) is 0. The van der Waals surface area contributed by atoms with Crippen LogP contribution in [0.2, 0.25) is 5.02 Å². The third-order valence-corrected chi connectivity index (χ3v) is 6.71. The van der Waals surface area contributed by atoms with Gasteiger partial charge in [0.15, 0.2) is 0 Å².